The normalized spacial score (nSPS) is 11.7. The molecule has 5 heteroatoms. The molecule has 0 saturated carbocycles. The lowest BCUT2D eigenvalue weighted by atomic mass is 9.80. The molecule has 0 aliphatic carbocycles. The highest BCUT2D eigenvalue weighted by atomic mass is 35.5. The zero-order valence-electron chi connectivity index (χ0n) is 15.0. The minimum Gasteiger partial charge on any atom is -0.0827 e. The Balaban J connectivity index is 2.22. The summed E-state index contributed by atoms with van der Waals surface area (Å²) in [6, 6.07) is 15.6. The largest absolute Gasteiger partial charge is 0.0827 e. The summed E-state index contributed by atoms with van der Waals surface area (Å²) in [5.41, 5.74) is 4.97. The lowest BCUT2D eigenvalue weighted by Gasteiger charge is -2.25. The summed E-state index contributed by atoms with van der Waals surface area (Å²) in [5, 5.41) is 2.33. The predicted octanol–water partition coefficient (Wildman–Crippen LogP) is 9.59. The summed E-state index contributed by atoms with van der Waals surface area (Å²) in [4.78, 5) is 0. The topological polar surface area (TPSA) is 0 Å². The molecule has 0 N–H and O–H groups in total. The molecule has 0 saturated heterocycles. The van der Waals surface area contributed by atoms with Crippen LogP contribution in [0.2, 0.25) is 25.1 Å². The van der Waals surface area contributed by atoms with Gasteiger partial charge in [0.25, 0.3) is 0 Å². The summed E-state index contributed by atoms with van der Waals surface area (Å²) in [6.07, 6.45) is 0. The van der Waals surface area contributed by atoms with Crippen LogP contribution in [0.3, 0.4) is 0 Å². The fourth-order valence-electron chi connectivity index (χ4n) is 2.99. The first-order chi connectivity index (χ1) is 12.6. The Morgan fingerprint density at radius 3 is 1.74 bits per heavy atom. The standard InChI is InChI=1S/C22H17Cl5/c1-22(2,3)16-10-12(13-5-8-17(23)19(25)11-13)4-6-14(16)15-7-9-18(24)21(27)20(15)26/h4-11H,1-3H3. The van der Waals surface area contributed by atoms with Gasteiger partial charge in [-0.3, -0.25) is 0 Å². The highest BCUT2D eigenvalue weighted by molar-refractivity contribution is 6.49. The molecule has 0 spiro atoms. The van der Waals surface area contributed by atoms with E-state index >= 15 is 0 Å². The molecule has 0 aliphatic rings. The van der Waals surface area contributed by atoms with E-state index in [0.717, 1.165) is 27.8 Å². The van der Waals surface area contributed by atoms with Crippen molar-refractivity contribution in [2.75, 3.05) is 0 Å². The Bertz CT molecular complexity index is 1020. The molecule has 140 valence electrons. The molecule has 0 aliphatic heterocycles. The van der Waals surface area contributed by atoms with Crippen molar-refractivity contribution in [3.05, 3.63) is 79.2 Å². The van der Waals surface area contributed by atoms with E-state index in [1.54, 1.807) is 12.1 Å². The molecule has 0 aromatic heterocycles. The number of benzene rings is 3. The number of hydrogen-bond donors (Lipinski definition) is 0. The first-order valence-electron chi connectivity index (χ1n) is 8.33. The van der Waals surface area contributed by atoms with Gasteiger partial charge in [0.15, 0.2) is 0 Å². The maximum Gasteiger partial charge on any atom is 0.0784 e. The van der Waals surface area contributed by atoms with Gasteiger partial charge in [-0.2, -0.15) is 0 Å². The zero-order chi connectivity index (χ0) is 19.9. The van der Waals surface area contributed by atoms with E-state index in [1.807, 2.05) is 24.3 Å². The second-order valence-electron chi connectivity index (χ2n) is 7.36. The molecule has 0 fully saturated rings. The Morgan fingerprint density at radius 1 is 0.556 bits per heavy atom. The van der Waals surface area contributed by atoms with Crippen LogP contribution in [0.5, 0.6) is 0 Å². The molecule has 0 radical (unpaired) electrons. The molecule has 0 heterocycles. The minimum atomic E-state index is -0.114. The smallest absolute Gasteiger partial charge is 0.0784 e. The van der Waals surface area contributed by atoms with Gasteiger partial charge in [-0.1, -0.05) is 109 Å². The van der Waals surface area contributed by atoms with Crippen molar-refractivity contribution < 1.29 is 0 Å². The Kier molecular flexibility index (Phi) is 6.06. The summed E-state index contributed by atoms with van der Waals surface area (Å²) >= 11 is 31.1. The van der Waals surface area contributed by atoms with E-state index in [4.69, 9.17) is 58.0 Å². The molecule has 0 unspecified atom stereocenters. The van der Waals surface area contributed by atoms with Crippen LogP contribution in [0.1, 0.15) is 26.3 Å². The van der Waals surface area contributed by atoms with Crippen LogP contribution in [0.15, 0.2) is 48.5 Å². The van der Waals surface area contributed by atoms with E-state index in [0.29, 0.717) is 25.1 Å². The average molecular weight is 459 g/mol. The maximum atomic E-state index is 6.50. The SMILES string of the molecule is CC(C)(C)c1cc(-c2ccc(Cl)c(Cl)c2)ccc1-c1ccc(Cl)c(Cl)c1Cl. The molecule has 0 atom stereocenters. The lowest BCUT2D eigenvalue weighted by molar-refractivity contribution is 0.592. The third kappa shape index (κ3) is 4.26. The van der Waals surface area contributed by atoms with Crippen molar-refractivity contribution in [1.29, 1.82) is 0 Å². The summed E-state index contributed by atoms with van der Waals surface area (Å²) in [5.74, 6) is 0. The van der Waals surface area contributed by atoms with Gasteiger partial charge < -0.3 is 0 Å². The van der Waals surface area contributed by atoms with Crippen molar-refractivity contribution in [1.82, 2.24) is 0 Å². The van der Waals surface area contributed by atoms with Crippen LogP contribution < -0.4 is 0 Å². The van der Waals surface area contributed by atoms with Crippen LogP contribution in [0.25, 0.3) is 22.3 Å². The molecule has 0 bridgehead atoms. The molecular weight excluding hydrogens is 442 g/mol. The molecule has 3 rings (SSSR count). The van der Waals surface area contributed by atoms with Gasteiger partial charge in [0.05, 0.1) is 25.1 Å². The lowest BCUT2D eigenvalue weighted by Crippen LogP contribution is -2.13. The van der Waals surface area contributed by atoms with E-state index < -0.39 is 0 Å². The molecule has 0 nitrogen and oxygen atoms in total. The van der Waals surface area contributed by atoms with Crippen LogP contribution in [0, 0.1) is 0 Å². The highest BCUT2D eigenvalue weighted by Crippen LogP contribution is 2.43. The molecule has 27 heavy (non-hydrogen) atoms. The van der Waals surface area contributed by atoms with Crippen LogP contribution >= 0.6 is 58.0 Å². The second kappa shape index (κ2) is 7.85. The number of halogens is 5. The third-order valence-electron chi connectivity index (χ3n) is 4.41. The van der Waals surface area contributed by atoms with E-state index in [2.05, 4.69) is 32.9 Å². The monoisotopic (exact) mass is 456 g/mol. The Hall–Kier alpha value is -0.890. The third-order valence-corrected chi connectivity index (χ3v) is 6.44. The first-order valence-corrected chi connectivity index (χ1v) is 10.2. The fraction of sp³-hybridized carbons (Fsp3) is 0.182. The van der Waals surface area contributed by atoms with E-state index in [-0.39, 0.29) is 5.41 Å². The Labute approximate surface area is 185 Å². The van der Waals surface area contributed by atoms with Gasteiger partial charge in [0.1, 0.15) is 0 Å². The molecule has 0 amide bonds. The average Bonchev–Trinajstić information content (AvgIpc) is 2.61. The maximum absolute atomic E-state index is 6.50. The van der Waals surface area contributed by atoms with Gasteiger partial charge in [-0.25, -0.2) is 0 Å². The van der Waals surface area contributed by atoms with Crippen molar-refractivity contribution >= 4 is 58.0 Å². The highest BCUT2D eigenvalue weighted by Gasteiger charge is 2.22. The van der Waals surface area contributed by atoms with Crippen molar-refractivity contribution in [2.45, 2.75) is 26.2 Å². The number of hydrogen-bond acceptors (Lipinski definition) is 0. The van der Waals surface area contributed by atoms with Gasteiger partial charge >= 0.3 is 0 Å². The minimum absolute atomic E-state index is 0.114. The van der Waals surface area contributed by atoms with Crippen molar-refractivity contribution in [2.24, 2.45) is 0 Å². The molecule has 3 aromatic carbocycles. The zero-order valence-corrected chi connectivity index (χ0v) is 18.8. The molecular formula is C22H17Cl5. The van der Waals surface area contributed by atoms with Crippen LogP contribution in [0.4, 0.5) is 0 Å². The van der Waals surface area contributed by atoms with Crippen LogP contribution in [-0.4, -0.2) is 0 Å². The quantitative estimate of drug-likeness (QED) is 0.335. The first kappa shape index (κ1) is 20.8. The predicted molar refractivity (Wildman–Crippen MR) is 121 cm³/mol. The second-order valence-corrected chi connectivity index (χ2v) is 9.34. The summed E-state index contributed by atoms with van der Waals surface area (Å²) in [7, 11) is 0. The van der Waals surface area contributed by atoms with Crippen molar-refractivity contribution in [3.63, 3.8) is 0 Å². The Morgan fingerprint density at radius 2 is 1.11 bits per heavy atom. The number of rotatable bonds is 2. The van der Waals surface area contributed by atoms with Gasteiger partial charge in [-0.15, -0.1) is 0 Å². The van der Waals surface area contributed by atoms with E-state index in [9.17, 15) is 0 Å². The van der Waals surface area contributed by atoms with Crippen molar-refractivity contribution in [3.8, 4) is 22.3 Å². The van der Waals surface area contributed by atoms with E-state index in [1.165, 1.54) is 0 Å². The molecule has 3 aromatic rings. The summed E-state index contributed by atoms with van der Waals surface area (Å²) in [6.45, 7) is 6.49. The summed E-state index contributed by atoms with van der Waals surface area (Å²) < 4.78 is 0. The van der Waals surface area contributed by atoms with Gasteiger partial charge in [0, 0.05) is 5.56 Å². The fourth-order valence-corrected chi connectivity index (χ4v) is 3.92. The van der Waals surface area contributed by atoms with Gasteiger partial charge in [-0.05, 0) is 45.9 Å². The van der Waals surface area contributed by atoms with Crippen LogP contribution in [-0.2, 0) is 5.41 Å². The van der Waals surface area contributed by atoms with Gasteiger partial charge in [0.2, 0.25) is 0 Å².